The third-order valence-corrected chi connectivity index (χ3v) is 1.99. The maximum Gasteiger partial charge on any atom is -0.0313 e. The SMILES string of the molecule is C1=CCC/C=C\C=C\CC/C=C/C=C\1. The van der Waals surface area contributed by atoms with Crippen molar-refractivity contribution in [3.63, 3.8) is 0 Å². The summed E-state index contributed by atoms with van der Waals surface area (Å²) in [6.07, 6.45) is 26.0. The summed E-state index contributed by atoms with van der Waals surface area (Å²) < 4.78 is 0. The van der Waals surface area contributed by atoms with Gasteiger partial charge in [-0.3, -0.25) is 0 Å². The maximum atomic E-state index is 2.21. The molecular formula is C14H18. The van der Waals surface area contributed by atoms with E-state index in [0.717, 1.165) is 25.7 Å². The highest BCUT2D eigenvalue weighted by atomic mass is 13.8. The van der Waals surface area contributed by atoms with Gasteiger partial charge in [-0.25, -0.2) is 0 Å². The molecule has 0 spiro atoms. The molecule has 0 aromatic rings. The average molecular weight is 186 g/mol. The number of rotatable bonds is 0. The molecule has 0 fully saturated rings. The van der Waals surface area contributed by atoms with Crippen LogP contribution in [0.5, 0.6) is 0 Å². The van der Waals surface area contributed by atoms with E-state index in [1.807, 2.05) is 0 Å². The van der Waals surface area contributed by atoms with Crippen LogP contribution in [0.15, 0.2) is 60.8 Å². The van der Waals surface area contributed by atoms with Crippen LogP contribution in [0, 0.1) is 0 Å². The molecule has 1 rings (SSSR count). The van der Waals surface area contributed by atoms with Crippen LogP contribution in [0.4, 0.5) is 0 Å². The Morgan fingerprint density at radius 1 is 0.357 bits per heavy atom. The monoisotopic (exact) mass is 186 g/mol. The lowest BCUT2D eigenvalue weighted by Crippen LogP contribution is -1.66. The molecule has 14 heavy (non-hydrogen) atoms. The smallest absolute Gasteiger partial charge is 0.0313 e. The van der Waals surface area contributed by atoms with Gasteiger partial charge in [0.05, 0.1) is 0 Å². The summed E-state index contributed by atoms with van der Waals surface area (Å²) in [4.78, 5) is 0. The van der Waals surface area contributed by atoms with Crippen molar-refractivity contribution in [2.45, 2.75) is 25.7 Å². The quantitative estimate of drug-likeness (QED) is 0.528. The first kappa shape index (κ1) is 10.8. The molecule has 0 nitrogen and oxygen atoms in total. The van der Waals surface area contributed by atoms with E-state index in [1.165, 1.54) is 0 Å². The molecule has 1 aliphatic rings. The normalized spacial score (nSPS) is 27.4. The maximum absolute atomic E-state index is 2.21. The van der Waals surface area contributed by atoms with Gasteiger partial charge in [-0.1, -0.05) is 60.8 Å². The van der Waals surface area contributed by atoms with Crippen LogP contribution in [-0.2, 0) is 0 Å². The summed E-state index contributed by atoms with van der Waals surface area (Å²) in [6, 6.07) is 0. The highest BCUT2D eigenvalue weighted by molar-refractivity contribution is 5.12. The lowest BCUT2D eigenvalue weighted by molar-refractivity contribution is 1.04. The molecule has 0 amide bonds. The first-order valence-electron chi connectivity index (χ1n) is 5.30. The Balaban J connectivity index is 2.45. The minimum absolute atomic E-state index is 1.12. The predicted molar refractivity (Wildman–Crippen MR) is 64.2 cm³/mol. The van der Waals surface area contributed by atoms with Crippen molar-refractivity contribution >= 4 is 0 Å². The second-order valence-electron chi connectivity index (χ2n) is 3.25. The van der Waals surface area contributed by atoms with Crippen molar-refractivity contribution in [3.8, 4) is 0 Å². The second kappa shape index (κ2) is 8.31. The van der Waals surface area contributed by atoms with E-state index < -0.39 is 0 Å². The summed E-state index contributed by atoms with van der Waals surface area (Å²) in [5, 5.41) is 0. The van der Waals surface area contributed by atoms with Crippen molar-refractivity contribution in [1.82, 2.24) is 0 Å². The largest absolute Gasteiger partial charge is 0.0842 e. The molecule has 0 radical (unpaired) electrons. The Morgan fingerprint density at radius 2 is 0.643 bits per heavy atom. The van der Waals surface area contributed by atoms with E-state index in [0.29, 0.717) is 0 Å². The van der Waals surface area contributed by atoms with Crippen molar-refractivity contribution in [3.05, 3.63) is 60.8 Å². The van der Waals surface area contributed by atoms with Gasteiger partial charge in [0.25, 0.3) is 0 Å². The van der Waals surface area contributed by atoms with E-state index in [9.17, 15) is 0 Å². The molecule has 0 aromatic heterocycles. The molecule has 0 N–H and O–H groups in total. The number of allylic oxidation sites excluding steroid dienone is 10. The van der Waals surface area contributed by atoms with E-state index >= 15 is 0 Å². The Kier molecular flexibility index (Phi) is 6.39. The highest BCUT2D eigenvalue weighted by Gasteiger charge is 1.77. The van der Waals surface area contributed by atoms with Gasteiger partial charge in [0, 0.05) is 0 Å². The van der Waals surface area contributed by atoms with Gasteiger partial charge in [0.2, 0.25) is 0 Å². The summed E-state index contributed by atoms with van der Waals surface area (Å²) in [6.45, 7) is 0. The van der Waals surface area contributed by atoms with Crippen molar-refractivity contribution in [1.29, 1.82) is 0 Å². The standard InChI is InChI=1S/C14H18/c1-2-4-6-8-10-12-14-13-11-9-7-5-3-1/h1-6,11-14H,7-10H2/b2-1-,5-3+,6-4?,13-11+,14-12-. The molecule has 0 bridgehead atoms. The van der Waals surface area contributed by atoms with Crippen LogP contribution in [0.25, 0.3) is 0 Å². The van der Waals surface area contributed by atoms with Gasteiger partial charge in [0.1, 0.15) is 0 Å². The number of hydrogen-bond donors (Lipinski definition) is 0. The topological polar surface area (TPSA) is 0 Å². The zero-order valence-corrected chi connectivity index (χ0v) is 8.60. The molecule has 0 atom stereocenters. The zero-order valence-electron chi connectivity index (χ0n) is 8.60. The fourth-order valence-electron chi connectivity index (χ4n) is 1.21. The molecule has 0 heteroatoms. The lowest BCUT2D eigenvalue weighted by atomic mass is 10.2. The molecule has 0 saturated carbocycles. The Labute approximate surface area is 87.0 Å². The third-order valence-electron chi connectivity index (χ3n) is 1.99. The lowest BCUT2D eigenvalue weighted by Gasteiger charge is -1.87. The fourth-order valence-corrected chi connectivity index (χ4v) is 1.21. The third kappa shape index (κ3) is 6.24. The molecule has 74 valence electrons. The minimum atomic E-state index is 1.12. The van der Waals surface area contributed by atoms with Gasteiger partial charge in [-0.05, 0) is 25.7 Å². The average Bonchev–Trinajstić information content (AvgIpc) is 2.22. The van der Waals surface area contributed by atoms with Gasteiger partial charge in [0.15, 0.2) is 0 Å². The highest BCUT2D eigenvalue weighted by Crippen LogP contribution is 1.97. The summed E-state index contributed by atoms with van der Waals surface area (Å²) >= 11 is 0. The van der Waals surface area contributed by atoms with Gasteiger partial charge < -0.3 is 0 Å². The molecule has 0 aromatic carbocycles. The van der Waals surface area contributed by atoms with Gasteiger partial charge in [-0.15, -0.1) is 0 Å². The first-order valence-corrected chi connectivity index (χ1v) is 5.30. The van der Waals surface area contributed by atoms with Crippen molar-refractivity contribution in [2.75, 3.05) is 0 Å². The molecule has 1 aliphatic carbocycles. The first-order chi connectivity index (χ1) is 7.00. The number of hydrogen-bond acceptors (Lipinski definition) is 0. The molecule has 0 aliphatic heterocycles. The Morgan fingerprint density at radius 3 is 1.00 bits per heavy atom. The summed E-state index contributed by atoms with van der Waals surface area (Å²) in [7, 11) is 0. The minimum Gasteiger partial charge on any atom is -0.0842 e. The zero-order chi connectivity index (χ0) is 9.90. The predicted octanol–water partition coefficient (Wildman–Crippen LogP) is 4.34. The van der Waals surface area contributed by atoms with Crippen LogP contribution < -0.4 is 0 Å². The van der Waals surface area contributed by atoms with Crippen LogP contribution in [-0.4, -0.2) is 0 Å². The van der Waals surface area contributed by atoms with Crippen molar-refractivity contribution in [2.24, 2.45) is 0 Å². The molecule has 0 unspecified atom stereocenters. The van der Waals surface area contributed by atoms with E-state index in [4.69, 9.17) is 0 Å². The van der Waals surface area contributed by atoms with Gasteiger partial charge >= 0.3 is 0 Å². The fraction of sp³-hybridized carbons (Fsp3) is 0.286. The van der Waals surface area contributed by atoms with Crippen molar-refractivity contribution < 1.29 is 0 Å². The van der Waals surface area contributed by atoms with Gasteiger partial charge in [-0.2, -0.15) is 0 Å². The van der Waals surface area contributed by atoms with E-state index in [2.05, 4.69) is 60.8 Å². The molecule has 0 heterocycles. The molecule has 0 saturated heterocycles. The summed E-state index contributed by atoms with van der Waals surface area (Å²) in [5.41, 5.74) is 0. The second-order valence-corrected chi connectivity index (χ2v) is 3.25. The van der Waals surface area contributed by atoms with E-state index in [1.54, 1.807) is 0 Å². The van der Waals surface area contributed by atoms with Crippen LogP contribution in [0.3, 0.4) is 0 Å². The Bertz CT molecular complexity index is 234. The van der Waals surface area contributed by atoms with Crippen LogP contribution in [0.2, 0.25) is 0 Å². The van der Waals surface area contributed by atoms with E-state index in [-0.39, 0.29) is 0 Å². The summed E-state index contributed by atoms with van der Waals surface area (Å²) in [5.74, 6) is 0. The van der Waals surface area contributed by atoms with Crippen LogP contribution in [0.1, 0.15) is 25.7 Å². The molecular weight excluding hydrogens is 168 g/mol. The Hall–Kier alpha value is -1.30. The van der Waals surface area contributed by atoms with Crippen LogP contribution >= 0.6 is 0 Å².